The number of nitrogens with zero attached hydrogens (tertiary/aromatic N) is 3. The minimum Gasteiger partial charge on any atom is -0.396 e. The van der Waals surface area contributed by atoms with E-state index in [0.29, 0.717) is 5.56 Å². The Morgan fingerprint density at radius 3 is 3.05 bits per heavy atom. The summed E-state index contributed by atoms with van der Waals surface area (Å²) in [5.74, 6) is 0.0782. The van der Waals surface area contributed by atoms with Gasteiger partial charge in [-0.15, -0.1) is 0 Å². The number of carbonyl (C=O) groups excluding carboxylic acids is 1. The van der Waals surface area contributed by atoms with Gasteiger partial charge in [0.05, 0.1) is 5.69 Å². The summed E-state index contributed by atoms with van der Waals surface area (Å²) in [6.45, 7) is 0.994. The first kappa shape index (κ1) is 14.8. The van der Waals surface area contributed by atoms with Gasteiger partial charge in [0.25, 0.3) is 5.91 Å². The predicted octanol–water partition coefficient (Wildman–Crippen LogP) is 2.25. The number of aromatic nitrogens is 2. The Labute approximate surface area is 130 Å². The molecule has 1 fully saturated rings. The fraction of sp³-hybridized carbons (Fsp3) is 0.412. The zero-order valence-electron chi connectivity index (χ0n) is 12.6. The van der Waals surface area contributed by atoms with Crippen LogP contribution in [0.2, 0.25) is 0 Å². The molecule has 1 unspecified atom stereocenters. The molecule has 0 bridgehead atoms. The van der Waals surface area contributed by atoms with Gasteiger partial charge in [-0.05, 0) is 49.9 Å². The molecule has 1 amide bonds. The summed E-state index contributed by atoms with van der Waals surface area (Å²) in [6, 6.07) is 9.70. The van der Waals surface area contributed by atoms with Crippen LogP contribution in [0.4, 0.5) is 0 Å². The topological polar surface area (TPSA) is 58.4 Å². The number of hydrogen-bond donors (Lipinski definition) is 1. The van der Waals surface area contributed by atoms with Crippen molar-refractivity contribution in [2.75, 3.05) is 13.2 Å². The van der Waals surface area contributed by atoms with Gasteiger partial charge in [0.1, 0.15) is 0 Å². The van der Waals surface area contributed by atoms with E-state index in [-0.39, 0.29) is 18.6 Å². The summed E-state index contributed by atoms with van der Waals surface area (Å²) in [6.07, 6.45) is 7.29. The maximum atomic E-state index is 12.8. The summed E-state index contributed by atoms with van der Waals surface area (Å²) < 4.78 is 1.75. The van der Waals surface area contributed by atoms with E-state index < -0.39 is 0 Å². The van der Waals surface area contributed by atoms with Crippen molar-refractivity contribution in [3.8, 4) is 5.69 Å². The van der Waals surface area contributed by atoms with Crippen molar-refractivity contribution >= 4 is 5.91 Å². The lowest BCUT2D eigenvalue weighted by molar-refractivity contribution is 0.0724. The van der Waals surface area contributed by atoms with Gasteiger partial charge in [-0.2, -0.15) is 5.10 Å². The minimum atomic E-state index is 0.0782. The van der Waals surface area contributed by atoms with E-state index in [1.807, 2.05) is 41.4 Å². The molecule has 3 rings (SSSR count). The summed E-state index contributed by atoms with van der Waals surface area (Å²) >= 11 is 0. The highest BCUT2D eigenvalue weighted by atomic mass is 16.3. The molecule has 1 aliphatic heterocycles. The molecule has 5 heteroatoms. The summed E-state index contributed by atoms with van der Waals surface area (Å²) in [7, 11) is 0. The number of benzene rings is 1. The first-order chi connectivity index (χ1) is 10.8. The molecule has 0 radical (unpaired) electrons. The standard InChI is InChI=1S/C17H21N3O2/c21-12-3-8-15-7-2-10-19(15)17(22)14-5-1-6-16(13-14)20-11-4-9-18-20/h1,4-6,9,11,13,15,21H,2-3,7-8,10,12H2. The van der Waals surface area contributed by atoms with Gasteiger partial charge in [-0.1, -0.05) is 6.07 Å². The van der Waals surface area contributed by atoms with Gasteiger partial charge < -0.3 is 10.0 Å². The van der Waals surface area contributed by atoms with Crippen molar-refractivity contribution < 1.29 is 9.90 Å². The van der Waals surface area contributed by atoms with Crippen molar-refractivity contribution in [2.45, 2.75) is 31.7 Å². The zero-order valence-corrected chi connectivity index (χ0v) is 12.6. The van der Waals surface area contributed by atoms with E-state index >= 15 is 0 Å². The minimum absolute atomic E-state index is 0.0782. The average molecular weight is 299 g/mol. The van der Waals surface area contributed by atoms with Gasteiger partial charge in [-0.3, -0.25) is 4.79 Å². The molecule has 2 heterocycles. The SMILES string of the molecule is O=C(c1cccc(-n2cccn2)c1)N1CCCC1CCCO. The molecular formula is C17H21N3O2. The molecule has 5 nitrogen and oxygen atoms in total. The predicted molar refractivity (Wildman–Crippen MR) is 83.9 cm³/mol. The van der Waals surface area contributed by atoms with E-state index in [2.05, 4.69) is 5.10 Å². The zero-order chi connectivity index (χ0) is 15.4. The molecule has 1 atom stereocenters. The van der Waals surface area contributed by atoms with E-state index in [1.165, 1.54) is 0 Å². The number of hydrogen-bond acceptors (Lipinski definition) is 3. The fourth-order valence-corrected chi connectivity index (χ4v) is 3.10. The van der Waals surface area contributed by atoms with Crippen LogP contribution in [0.25, 0.3) is 5.69 Å². The van der Waals surface area contributed by atoms with Crippen molar-refractivity contribution in [3.05, 3.63) is 48.3 Å². The Hall–Kier alpha value is -2.14. The number of aliphatic hydroxyl groups excluding tert-OH is 1. The smallest absolute Gasteiger partial charge is 0.254 e. The van der Waals surface area contributed by atoms with Crippen LogP contribution < -0.4 is 0 Å². The summed E-state index contributed by atoms with van der Waals surface area (Å²) in [4.78, 5) is 14.7. The van der Waals surface area contributed by atoms with Crippen LogP contribution in [-0.2, 0) is 0 Å². The Morgan fingerprint density at radius 2 is 2.27 bits per heavy atom. The molecule has 22 heavy (non-hydrogen) atoms. The third kappa shape index (κ3) is 3.04. The van der Waals surface area contributed by atoms with Gasteiger partial charge in [-0.25, -0.2) is 4.68 Å². The molecule has 0 saturated carbocycles. The van der Waals surface area contributed by atoms with Crippen molar-refractivity contribution in [2.24, 2.45) is 0 Å². The maximum Gasteiger partial charge on any atom is 0.254 e. The van der Waals surface area contributed by atoms with Gasteiger partial charge in [0.2, 0.25) is 0 Å². The van der Waals surface area contributed by atoms with Crippen LogP contribution in [0.5, 0.6) is 0 Å². The molecule has 116 valence electrons. The monoisotopic (exact) mass is 299 g/mol. The Bertz CT molecular complexity index is 625. The lowest BCUT2D eigenvalue weighted by atomic mass is 10.1. The molecule has 2 aromatic rings. The molecule has 0 aliphatic carbocycles. The van der Waals surface area contributed by atoms with Crippen LogP contribution in [0.1, 0.15) is 36.0 Å². The van der Waals surface area contributed by atoms with Crippen LogP contribution in [-0.4, -0.2) is 44.9 Å². The summed E-state index contributed by atoms with van der Waals surface area (Å²) in [5, 5.41) is 13.2. The highest BCUT2D eigenvalue weighted by Gasteiger charge is 2.28. The first-order valence-corrected chi connectivity index (χ1v) is 7.81. The molecule has 1 N–H and O–H groups in total. The van der Waals surface area contributed by atoms with Crippen LogP contribution in [0.3, 0.4) is 0 Å². The van der Waals surface area contributed by atoms with Crippen LogP contribution >= 0.6 is 0 Å². The molecular weight excluding hydrogens is 278 g/mol. The van der Waals surface area contributed by atoms with E-state index in [9.17, 15) is 4.79 Å². The second-order valence-electron chi connectivity index (χ2n) is 5.66. The highest BCUT2D eigenvalue weighted by molar-refractivity contribution is 5.95. The molecule has 1 aliphatic rings. The molecule has 1 saturated heterocycles. The lowest BCUT2D eigenvalue weighted by Crippen LogP contribution is -2.35. The number of aliphatic hydroxyl groups is 1. The largest absolute Gasteiger partial charge is 0.396 e. The molecule has 1 aromatic heterocycles. The Balaban J connectivity index is 1.78. The van der Waals surface area contributed by atoms with Gasteiger partial charge in [0, 0.05) is 37.2 Å². The maximum absolute atomic E-state index is 12.8. The number of rotatable bonds is 5. The number of amides is 1. The first-order valence-electron chi connectivity index (χ1n) is 7.81. The number of likely N-dealkylation sites (tertiary alicyclic amines) is 1. The van der Waals surface area contributed by atoms with Crippen molar-refractivity contribution in [1.82, 2.24) is 14.7 Å². The Kier molecular flexibility index (Phi) is 4.53. The Morgan fingerprint density at radius 1 is 1.36 bits per heavy atom. The molecule has 1 aromatic carbocycles. The van der Waals surface area contributed by atoms with Gasteiger partial charge >= 0.3 is 0 Å². The fourth-order valence-electron chi connectivity index (χ4n) is 3.10. The van der Waals surface area contributed by atoms with Crippen LogP contribution in [0.15, 0.2) is 42.7 Å². The second-order valence-corrected chi connectivity index (χ2v) is 5.66. The normalized spacial score (nSPS) is 17.9. The average Bonchev–Trinajstić information content (AvgIpc) is 3.23. The summed E-state index contributed by atoms with van der Waals surface area (Å²) in [5.41, 5.74) is 1.59. The third-order valence-electron chi connectivity index (χ3n) is 4.20. The van der Waals surface area contributed by atoms with E-state index in [1.54, 1.807) is 10.9 Å². The van der Waals surface area contributed by atoms with Crippen molar-refractivity contribution in [3.63, 3.8) is 0 Å². The third-order valence-corrected chi connectivity index (χ3v) is 4.20. The highest BCUT2D eigenvalue weighted by Crippen LogP contribution is 2.24. The second kappa shape index (κ2) is 6.75. The van der Waals surface area contributed by atoms with Crippen molar-refractivity contribution in [1.29, 1.82) is 0 Å². The molecule has 0 spiro atoms. The number of carbonyl (C=O) groups is 1. The lowest BCUT2D eigenvalue weighted by Gasteiger charge is -2.24. The van der Waals surface area contributed by atoms with E-state index in [0.717, 1.165) is 37.9 Å². The quantitative estimate of drug-likeness (QED) is 0.921. The van der Waals surface area contributed by atoms with E-state index in [4.69, 9.17) is 5.11 Å². The van der Waals surface area contributed by atoms with Gasteiger partial charge in [0.15, 0.2) is 0 Å². The van der Waals surface area contributed by atoms with Crippen LogP contribution in [0, 0.1) is 0 Å².